The van der Waals surface area contributed by atoms with Gasteiger partial charge in [0.05, 0.1) is 6.42 Å². The lowest BCUT2D eigenvalue weighted by Gasteiger charge is -2.11. The molecule has 0 fully saturated rings. The molecule has 1 N–H and O–H groups in total. The van der Waals surface area contributed by atoms with Gasteiger partial charge in [-0.15, -0.1) is 0 Å². The third-order valence-electron chi connectivity index (χ3n) is 1.97. The number of hydrogen-bond acceptors (Lipinski definition) is 3. The van der Waals surface area contributed by atoms with E-state index in [-0.39, 0.29) is 18.1 Å². The highest BCUT2D eigenvalue weighted by atomic mass is 19.1. The third-order valence-corrected chi connectivity index (χ3v) is 1.97. The summed E-state index contributed by atoms with van der Waals surface area (Å²) >= 11 is 0. The van der Waals surface area contributed by atoms with Crippen LogP contribution in [0.2, 0.25) is 0 Å². The highest BCUT2D eigenvalue weighted by Crippen LogP contribution is 2.09. The Morgan fingerprint density at radius 2 is 1.94 bits per heavy atom. The average molecular weight is 239 g/mol. The molecule has 0 aliphatic carbocycles. The average Bonchev–Trinajstić information content (AvgIpc) is 2.19. The predicted octanol–water partition coefficient (Wildman–Crippen LogP) is 2.11. The van der Waals surface area contributed by atoms with Crippen LogP contribution in [0.15, 0.2) is 24.3 Å². The maximum absolute atomic E-state index is 12.6. The molecule has 0 aromatic heterocycles. The van der Waals surface area contributed by atoms with E-state index < -0.39 is 12.1 Å². The molecular weight excluding hydrogens is 225 g/mol. The molecule has 92 valence electrons. The normalized spacial score (nSPS) is 11.7. The van der Waals surface area contributed by atoms with E-state index in [9.17, 15) is 14.0 Å². The van der Waals surface area contributed by atoms with Crippen LogP contribution in [0.1, 0.15) is 20.3 Å². The number of hydrogen-bond donors (Lipinski definition) is 1. The summed E-state index contributed by atoms with van der Waals surface area (Å²) in [7, 11) is 0. The van der Waals surface area contributed by atoms with Gasteiger partial charge in [-0.3, -0.25) is 9.59 Å². The van der Waals surface area contributed by atoms with Crippen molar-refractivity contribution in [3.05, 3.63) is 30.1 Å². The van der Waals surface area contributed by atoms with Crippen molar-refractivity contribution >= 4 is 17.6 Å². The molecule has 0 saturated carbocycles. The maximum atomic E-state index is 12.6. The van der Waals surface area contributed by atoms with Gasteiger partial charge in [0, 0.05) is 12.6 Å². The lowest BCUT2D eigenvalue weighted by molar-refractivity contribution is -0.146. The fourth-order valence-electron chi connectivity index (χ4n) is 1.33. The maximum Gasteiger partial charge on any atom is 0.302 e. The number of anilines is 1. The highest BCUT2D eigenvalue weighted by Gasteiger charge is 2.11. The van der Waals surface area contributed by atoms with Gasteiger partial charge in [-0.05, 0) is 31.2 Å². The van der Waals surface area contributed by atoms with E-state index in [1.807, 2.05) is 0 Å². The minimum Gasteiger partial charge on any atom is -0.462 e. The largest absolute Gasteiger partial charge is 0.462 e. The number of nitrogens with one attached hydrogen (secondary N) is 1. The van der Waals surface area contributed by atoms with E-state index in [2.05, 4.69) is 5.32 Å². The van der Waals surface area contributed by atoms with Crippen LogP contribution in [0.25, 0.3) is 0 Å². The molecule has 0 aliphatic rings. The van der Waals surface area contributed by atoms with Crippen LogP contribution in [0.4, 0.5) is 10.1 Å². The zero-order valence-electron chi connectivity index (χ0n) is 9.70. The Morgan fingerprint density at radius 3 is 2.47 bits per heavy atom. The fourth-order valence-corrected chi connectivity index (χ4v) is 1.33. The molecule has 5 heteroatoms. The highest BCUT2D eigenvalue weighted by molar-refractivity contribution is 5.91. The van der Waals surface area contributed by atoms with E-state index >= 15 is 0 Å². The zero-order valence-corrected chi connectivity index (χ0v) is 9.70. The molecule has 1 aromatic carbocycles. The number of benzene rings is 1. The summed E-state index contributed by atoms with van der Waals surface area (Å²) < 4.78 is 17.4. The molecule has 0 bridgehead atoms. The summed E-state index contributed by atoms with van der Waals surface area (Å²) in [5.74, 6) is -1.08. The van der Waals surface area contributed by atoms with Gasteiger partial charge in [0.2, 0.25) is 5.91 Å². The quantitative estimate of drug-likeness (QED) is 0.819. The van der Waals surface area contributed by atoms with E-state index in [1.54, 1.807) is 6.92 Å². The van der Waals surface area contributed by atoms with Crippen LogP contribution in [0, 0.1) is 5.82 Å². The van der Waals surface area contributed by atoms with Crippen molar-refractivity contribution in [2.75, 3.05) is 5.32 Å². The number of rotatable bonds is 4. The van der Waals surface area contributed by atoms with Crippen molar-refractivity contribution in [1.82, 2.24) is 0 Å². The monoisotopic (exact) mass is 239 g/mol. The molecule has 0 unspecified atom stereocenters. The Morgan fingerprint density at radius 1 is 1.35 bits per heavy atom. The topological polar surface area (TPSA) is 55.4 Å². The second kappa shape index (κ2) is 5.98. The lowest BCUT2D eigenvalue weighted by atomic mass is 10.2. The molecule has 1 aromatic rings. The van der Waals surface area contributed by atoms with Gasteiger partial charge in [-0.1, -0.05) is 0 Å². The summed E-state index contributed by atoms with van der Waals surface area (Å²) in [4.78, 5) is 22.1. The fraction of sp³-hybridized carbons (Fsp3) is 0.333. The second-order valence-corrected chi connectivity index (χ2v) is 3.68. The number of carbonyl (C=O) groups is 2. The Kier molecular flexibility index (Phi) is 4.63. The molecule has 0 saturated heterocycles. The Hall–Kier alpha value is -1.91. The molecule has 0 spiro atoms. The Balaban J connectivity index is 2.44. The smallest absolute Gasteiger partial charge is 0.302 e. The second-order valence-electron chi connectivity index (χ2n) is 3.68. The van der Waals surface area contributed by atoms with Crippen molar-refractivity contribution in [3.63, 3.8) is 0 Å². The van der Waals surface area contributed by atoms with Crippen molar-refractivity contribution in [2.24, 2.45) is 0 Å². The predicted molar refractivity (Wildman–Crippen MR) is 60.9 cm³/mol. The van der Waals surface area contributed by atoms with E-state index in [1.165, 1.54) is 31.2 Å². The van der Waals surface area contributed by atoms with Gasteiger partial charge in [0.15, 0.2) is 0 Å². The van der Waals surface area contributed by atoms with Gasteiger partial charge in [-0.2, -0.15) is 0 Å². The van der Waals surface area contributed by atoms with Gasteiger partial charge >= 0.3 is 5.97 Å². The summed E-state index contributed by atoms with van der Waals surface area (Å²) in [6.45, 7) is 2.92. The molecule has 0 heterocycles. The van der Waals surface area contributed by atoms with Crippen LogP contribution >= 0.6 is 0 Å². The zero-order chi connectivity index (χ0) is 12.8. The minimum atomic E-state index is -0.479. The van der Waals surface area contributed by atoms with Gasteiger partial charge in [0.25, 0.3) is 0 Å². The van der Waals surface area contributed by atoms with Crippen molar-refractivity contribution in [1.29, 1.82) is 0 Å². The number of ether oxygens (including phenoxy) is 1. The van der Waals surface area contributed by atoms with E-state index in [4.69, 9.17) is 4.74 Å². The molecule has 1 amide bonds. The van der Waals surface area contributed by atoms with Gasteiger partial charge in [0.1, 0.15) is 11.9 Å². The first-order chi connectivity index (χ1) is 7.97. The molecule has 17 heavy (non-hydrogen) atoms. The van der Waals surface area contributed by atoms with E-state index in [0.29, 0.717) is 5.69 Å². The number of amides is 1. The molecule has 1 atom stereocenters. The van der Waals surface area contributed by atoms with Gasteiger partial charge in [-0.25, -0.2) is 4.39 Å². The minimum absolute atomic E-state index is 0.0664. The number of halogens is 1. The first-order valence-corrected chi connectivity index (χ1v) is 5.20. The van der Waals surface area contributed by atoms with Crippen LogP contribution in [0.3, 0.4) is 0 Å². The molecule has 0 radical (unpaired) electrons. The lowest BCUT2D eigenvalue weighted by Crippen LogP contribution is -2.21. The Labute approximate surface area is 98.8 Å². The standard InChI is InChI=1S/C12H14FNO3/c1-8(17-9(2)15)7-12(16)14-11-5-3-10(13)4-6-11/h3-6,8H,7H2,1-2H3,(H,14,16)/t8-/m0/s1. The first-order valence-electron chi connectivity index (χ1n) is 5.20. The molecule has 4 nitrogen and oxygen atoms in total. The Bertz CT molecular complexity index is 403. The van der Waals surface area contributed by atoms with Crippen LogP contribution in [-0.2, 0) is 14.3 Å². The van der Waals surface area contributed by atoms with E-state index in [0.717, 1.165) is 0 Å². The van der Waals surface area contributed by atoms with Crippen molar-refractivity contribution in [3.8, 4) is 0 Å². The molecule has 1 rings (SSSR count). The van der Waals surface area contributed by atoms with Crippen molar-refractivity contribution < 1.29 is 18.7 Å². The molecular formula is C12H14FNO3. The van der Waals surface area contributed by atoms with Gasteiger partial charge < -0.3 is 10.1 Å². The van der Waals surface area contributed by atoms with Crippen LogP contribution < -0.4 is 5.32 Å². The summed E-state index contributed by atoms with van der Waals surface area (Å²) in [6.07, 6.45) is -0.412. The summed E-state index contributed by atoms with van der Waals surface area (Å²) in [6, 6.07) is 5.43. The third kappa shape index (κ3) is 5.10. The number of carbonyl (C=O) groups excluding carboxylic acids is 2. The summed E-state index contributed by atoms with van der Waals surface area (Å²) in [5, 5.41) is 2.58. The molecule has 0 aliphatic heterocycles. The first kappa shape index (κ1) is 13.2. The number of esters is 1. The van der Waals surface area contributed by atoms with Crippen LogP contribution in [0.5, 0.6) is 0 Å². The van der Waals surface area contributed by atoms with Crippen molar-refractivity contribution in [2.45, 2.75) is 26.4 Å². The summed E-state index contributed by atoms with van der Waals surface area (Å²) in [5.41, 5.74) is 0.506. The van der Waals surface area contributed by atoms with Crippen LogP contribution in [-0.4, -0.2) is 18.0 Å². The SMILES string of the molecule is CC(=O)O[C@@H](C)CC(=O)Nc1ccc(F)cc1.